The standard InChI is InChI=1S/C17H20BrN3O/c1-10-6-13(7-11(2)16(10)18)14-9-17(4,22-20-14)15-8-12(3)19-21(15)5/h6-8H,9H2,1-5H3. The van der Waals surface area contributed by atoms with Gasteiger partial charge in [0.15, 0.2) is 5.60 Å². The quantitative estimate of drug-likeness (QED) is 0.805. The summed E-state index contributed by atoms with van der Waals surface area (Å²) in [5, 5.41) is 8.78. The van der Waals surface area contributed by atoms with Gasteiger partial charge in [-0.1, -0.05) is 21.1 Å². The van der Waals surface area contributed by atoms with Crippen molar-refractivity contribution in [1.82, 2.24) is 9.78 Å². The summed E-state index contributed by atoms with van der Waals surface area (Å²) < 4.78 is 3.03. The van der Waals surface area contributed by atoms with Gasteiger partial charge in [0.05, 0.1) is 17.1 Å². The molecular weight excluding hydrogens is 342 g/mol. The molecule has 22 heavy (non-hydrogen) atoms. The molecule has 5 heteroatoms. The zero-order valence-corrected chi connectivity index (χ0v) is 15.2. The molecule has 2 aromatic rings. The van der Waals surface area contributed by atoms with Gasteiger partial charge in [0.2, 0.25) is 0 Å². The molecule has 116 valence electrons. The van der Waals surface area contributed by atoms with Crippen molar-refractivity contribution in [1.29, 1.82) is 0 Å². The fourth-order valence-electron chi connectivity index (χ4n) is 3.05. The number of halogens is 1. The number of aromatic nitrogens is 2. The number of benzene rings is 1. The maximum Gasteiger partial charge on any atom is 0.181 e. The fraction of sp³-hybridized carbons (Fsp3) is 0.412. The Bertz CT molecular complexity index is 755. The van der Waals surface area contributed by atoms with Gasteiger partial charge in [0, 0.05) is 23.5 Å². The average molecular weight is 362 g/mol. The maximum absolute atomic E-state index is 5.81. The van der Waals surface area contributed by atoms with Gasteiger partial charge in [0.25, 0.3) is 0 Å². The smallest absolute Gasteiger partial charge is 0.181 e. The molecule has 1 unspecified atom stereocenters. The normalized spacial score (nSPS) is 20.9. The van der Waals surface area contributed by atoms with Crippen molar-refractivity contribution in [3.05, 3.63) is 50.8 Å². The van der Waals surface area contributed by atoms with Gasteiger partial charge in [-0.3, -0.25) is 4.68 Å². The van der Waals surface area contributed by atoms with Crippen molar-refractivity contribution in [2.75, 3.05) is 0 Å². The van der Waals surface area contributed by atoms with Crippen LogP contribution in [0.4, 0.5) is 0 Å². The SMILES string of the molecule is Cc1cc(C2(C)CC(c3cc(C)c(Br)c(C)c3)=NO2)n(C)n1. The van der Waals surface area contributed by atoms with Crippen LogP contribution in [0.1, 0.15) is 41.4 Å². The Morgan fingerprint density at radius 3 is 2.36 bits per heavy atom. The number of nitrogens with zero attached hydrogens (tertiary/aromatic N) is 3. The van der Waals surface area contributed by atoms with Crippen LogP contribution in [0.5, 0.6) is 0 Å². The van der Waals surface area contributed by atoms with Crippen LogP contribution in [0, 0.1) is 20.8 Å². The van der Waals surface area contributed by atoms with Crippen LogP contribution in [0.3, 0.4) is 0 Å². The second kappa shape index (κ2) is 5.23. The highest BCUT2D eigenvalue weighted by molar-refractivity contribution is 9.10. The Morgan fingerprint density at radius 1 is 1.18 bits per heavy atom. The van der Waals surface area contributed by atoms with Crippen LogP contribution in [0.2, 0.25) is 0 Å². The molecule has 3 rings (SSSR count). The lowest BCUT2D eigenvalue weighted by atomic mass is 9.91. The highest BCUT2D eigenvalue weighted by Gasteiger charge is 2.39. The van der Waals surface area contributed by atoms with E-state index in [0.29, 0.717) is 0 Å². The van der Waals surface area contributed by atoms with E-state index < -0.39 is 5.60 Å². The van der Waals surface area contributed by atoms with Crippen LogP contribution >= 0.6 is 15.9 Å². The molecule has 2 heterocycles. The third kappa shape index (κ3) is 2.47. The predicted octanol–water partition coefficient (Wildman–Crippen LogP) is 4.15. The monoisotopic (exact) mass is 361 g/mol. The van der Waals surface area contributed by atoms with E-state index in [2.05, 4.69) is 65.2 Å². The van der Waals surface area contributed by atoms with Crippen LogP contribution in [-0.4, -0.2) is 15.5 Å². The van der Waals surface area contributed by atoms with E-state index in [1.807, 2.05) is 18.7 Å². The summed E-state index contributed by atoms with van der Waals surface area (Å²) in [6, 6.07) is 6.37. The summed E-state index contributed by atoms with van der Waals surface area (Å²) in [6.07, 6.45) is 0.743. The predicted molar refractivity (Wildman–Crippen MR) is 91.2 cm³/mol. The summed E-state index contributed by atoms with van der Waals surface area (Å²) in [4.78, 5) is 5.81. The van der Waals surface area contributed by atoms with Crippen molar-refractivity contribution < 1.29 is 4.84 Å². The molecule has 0 radical (unpaired) electrons. The summed E-state index contributed by atoms with van der Waals surface area (Å²) in [6.45, 7) is 8.25. The van der Waals surface area contributed by atoms with Gasteiger partial charge < -0.3 is 4.84 Å². The Morgan fingerprint density at radius 2 is 1.82 bits per heavy atom. The minimum atomic E-state index is -0.458. The number of oxime groups is 1. The molecule has 1 aromatic heterocycles. The van der Waals surface area contributed by atoms with Crippen molar-refractivity contribution >= 4 is 21.6 Å². The third-order valence-corrected chi connectivity index (χ3v) is 5.43. The van der Waals surface area contributed by atoms with Crippen LogP contribution in [0.15, 0.2) is 27.8 Å². The van der Waals surface area contributed by atoms with Gasteiger partial charge in [-0.05, 0) is 57.0 Å². The summed E-state index contributed by atoms with van der Waals surface area (Å²) in [7, 11) is 1.95. The molecule has 1 aliphatic rings. The molecule has 1 aliphatic heterocycles. The maximum atomic E-state index is 5.81. The van der Waals surface area contributed by atoms with E-state index in [-0.39, 0.29) is 0 Å². The van der Waals surface area contributed by atoms with Crippen LogP contribution < -0.4 is 0 Å². The second-order valence-electron chi connectivity index (χ2n) is 6.26. The van der Waals surface area contributed by atoms with E-state index >= 15 is 0 Å². The molecule has 4 nitrogen and oxygen atoms in total. The number of rotatable bonds is 2. The van der Waals surface area contributed by atoms with Crippen molar-refractivity contribution in [2.24, 2.45) is 12.2 Å². The lowest BCUT2D eigenvalue weighted by Gasteiger charge is -2.21. The van der Waals surface area contributed by atoms with Gasteiger partial charge >= 0.3 is 0 Å². The molecule has 0 fully saturated rings. The average Bonchev–Trinajstić information content (AvgIpc) is 3.00. The summed E-state index contributed by atoms with van der Waals surface area (Å²) in [5.41, 5.74) is 6.12. The van der Waals surface area contributed by atoms with Crippen LogP contribution in [-0.2, 0) is 17.5 Å². The molecule has 1 aromatic carbocycles. The number of hydrogen-bond donors (Lipinski definition) is 0. The Labute approximate surface area is 139 Å². The first kappa shape index (κ1) is 15.3. The van der Waals surface area contributed by atoms with E-state index in [9.17, 15) is 0 Å². The third-order valence-electron chi connectivity index (χ3n) is 4.18. The molecule has 0 spiro atoms. The first-order chi connectivity index (χ1) is 10.3. The zero-order valence-electron chi connectivity index (χ0n) is 13.6. The second-order valence-corrected chi connectivity index (χ2v) is 7.05. The highest BCUT2D eigenvalue weighted by atomic mass is 79.9. The van der Waals surface area contributed by atoms with Crippen molar-refractivity contribution in [3.8, 4) is 0 Å². The van der Waals surface area contributed by atoms with Crippen molar-refractivity contribution in [3.63, 3.8) is 0 Å². The van der Waals surface area contributed by atoms with E-state index in [1.54, 1.807) is 0 Å². The number of aryl methyl sites for hydroxylation is 4. The highest BCUT2D eigenvalue weighted by Crippen LogP contribution is 2.36. The fourth-order valence-corrected chi connectivity index (χ4v) is 3.28. The molecule has 0 amide bonds. The van der Waals surface area contributed by atoms with E-state index in [4.69, 9.17) is 4.84 Å². The first-order valence-electron chi connectivity index (χ1n) is 7.33. The minimum Gasteiger partial charge on any atom is -0.382 e. The molecule has 1 atom stereocenters. The minimum absolute atomic E-state index is 0.458. The zero-order chi connectivity index (χ0) is 16.1. The van der Waals surface area contributed by atoms with Gasteiger partial charge in [-0.2, -0.15) is 5.10 Å². The summed E-state index contributed by atoms with van der Waals surface area (Å²) >= 11 is 3.61. The molecule has 0 saturated carbocycles. The Kier molecular flexibility index (Phi) is 3.63. The summed E-state index contributed by atoms with van der Waals surface area (Å²) in [5.74, 6) is 0. The topological polar surface area (TPSA) is 39.4 Å². The Hall–Kier alpha value is -1.62. The molecule has 0 saturated heterocycles. The number of hydrogen-bond acceptors (Lipinski definition) is 3. The van der Waals surface area contributed by atoms with Gasteiger partial charge in [-0.25, -0.2) is 0 Å². The van der Waals surface area contributed by atoms with Gasteiger partial charge in [0.1, 0.15) is 0 Å². The largest absolute Gasteiger partial charge is 0.382 e. The molecule has 0 bridgehead atoms. The van der Waals surface area contributed by atoms with E-state index in [0.717, 1.165) is 33.6 Å². The molecule has 0 N–H and O–H groups in total. The van der Waals surface area contributed by atoms with Crippen LogP contribution in [0.25, 0.3) is 0 Å². The Balaban J connectivity index is 1.93. The lowest BCUT2D eigenvalue weighted by Crippen LogP contribution is -2.25. The lowest BCUT2D eigenvalue weighted by molar-refractivity contribution is -0.0135. The van der Waals surface area contributed by atoms with E-state index in [1.165, 1.54) is 11.1 Å². The first-order valence-corrected chi connectivity index (χ1v) is 8.13. The molecule has 0 aliphatic carbocycles. The van der Waals surface area contributed by atoms with Crippen molar-refractivity contribution in [2.45, 2.75) is 39.7 Å². The van der Waals surface area contributed by atoms with Gasteiger partial charge in [-0.15, -0.1) is 0 Å². The molecular formula is C17H20BrN3O.